The zero-order chi connectivity index (χ0) is 12.3. The number of nitrogens with zero attached hydrogens (tertiary/aromatic N) is 1. The largest absolute Gasteiger partial charge is 0.303 e. The van der Waals surface area contributed by atoms with Gasteiger partial charge in [0.1, 0.15) is 0 Å². The zero-order valence-electron chi connectivity index (χ0n) is 9.85. The second-order valence-electron chi connectivity index (χ2n) is 4.04. The SMILES string of the molecule is CC(N[C@@H](C)c1ccccc1Cl)c1cncs1. The van der Waals surface area contributed by atoms with Crippen molar-refractivity contribution in [1.82, 2.24) is 10.3 Å². The van der Waals surface area contributed by atoms with Crippen LogP contribution in [-0.4, -0.2) is 4.98 Å². The van der Waals surface area contributed by atoms with Crippen molar-refractivity contribution in [3.05, 3.63) is 51.4 Å². The molecular formula is C13H15ClN2S. The summed E-state index contributed by atoms with van der Waals surface area (Å²) in [6.07, 6.45) is 1.90. The third-order valence-electron chi connectivity index (χ3n) is 2.75. The molecule has 2 atom stereocenters. The van der Waals surface area contributed by atoms with Crippen molar-refractivity contribution in [2.75, 3.05) is 0 Å². The maximum atomic E-state index is 6.18. The summed E-state index contributed by atoms with van der Waals surface area (Å²) in [5, 5.41) is 4.33. The van der Waals surface area contributed by atoms with Crippen LogP contribution in [0.25, 0.3) is 0 Å². The van der Waals surface area contributed by atoms with Crippen molar-refractivity contribution in [2.24, 2.45) is 0 Å². The minimum absolute atomic E-state index is 0.223. The van der Waals surface area contributed by atoms with E-state index in [2.05, 4.69) is 30.2 Å². The van der Waals surface area contributed by atoms with Gasteiger partial charge in [0.25, 0.3) is 0 Å². The summed E-state index contributed by atoms with van der Waals surface area (Å²) in [5.74, 6) is 0. The van der Waals surface area contributed by atoms with Crippen molar-refractivity contribution in [2.45, 2.75) is 25.9 Å². The van der Waals surface area contributed by atoms with Gasteiger partial charge in [0.05, 0.1) is 5.51 Å². The van der Waals surface area contributed by atoms with E-state index in [0.29, 0.717) is 0 Å². The summed E-state index contributed by atoms with van der Waals surface area (Å²) in [4.78, 5) is 5.33. The van der Waals surface area contributed by atoms with Crippen LogP contribution in [0.2, 0.25) is 5.02 Å². The Morgan fingerprint density at radius 1 is 1.24 bits per heavy atom. The summed E-state index contributed by atoms with van der Waals surface area (Å²) >= 11 is 7.84. The molecule has 1 N–H and O–H groups in total. The second kappa shape index (κ2) is 5.63. The Morgan fingerprint density at radius 2 is 2.00 bits per heavy atom. The topological polar surface area (TPSA) is 24.9 Å². The van der Waals surface area contributed by atoms with Crippen molar-refractivity contribution in [1.29, 1.82) is 0 Å². The molecule has 4 heteroatoms. The van der Waals surface area contributed by atoms with Crippen LogP contribution in [0.3, 0.4) is 0 Å². The smallest absolute Gasteiger partial charge is 0.0794 e. The fourth-order valence-corrected chi connectivity index (χ4v) is 2.75. The Kier molecular flexibility index (Phi) is 4.15. The fraction of sp³-hybridized carbons (Fsp3) is 0.308. The molecule has 0 saturated heterocycles. The average molecular weight is 267 g/mol. The molecule has 0 aliphatic rings. The number of benzene rings is 1. The van der Waals surface area contributed by atoms with E-state index in [9.17, 15) is 0 Å². The van der Waals surface area contributed by atoms with E-state index in [0.717, 1.165) is 10.6 Å². The first-order valence-electron chi connectivity index (χ1n) is 5.57. The second-order valence-corrected chi connectivity index (χ2v) is 5.36. The predicted octanol–water partition coefficient (Wildman–Crippen LogP) is 4.21. The Morgan fingerprint density at radius 3 is 2.65 bits per heavy atom. The lowest BCUT2D eigenvalue weighted by Gasteiger charge is -2.20. The standard InChI is InChI=1S/C13H15ClN2S/c1-9(11-5-3-4-6-12(11)14)16-10(2)13-7-15-8-17-13/h3-10,16H,1-2H3/t9-,10?/m0/s1. The van der Waals surface area contributed by atoms with Gasteiger partial charge in [0, 0.05) is 28.2 Å². The monoisotopic (exact) mass is 266 g/mol. The highest BCUT2D eigenvalue weighted by atomic mass is 35.5. The number of hydrogen-bond acceptors (Lipinski definition) is 3. The number of halogens is 1. The molecule has 1 unspecified atom stereocenters. The minimum atomic E-state index is 0.223. The Balaban J connectivity index is 2.07. The minimum Gasteiger partial charge on any atom is -0.303 e. The third kappa shape index (κ3) is 3.06. The van der Waals surface area contributed by atoms with E-state index in [4.69, 9.17) is 11.6 Å². The Bertz CT molecular complexity index is 470. The van der Waals surface area contributed by atoms with Crippen molar-refractivity contribution in [3.63, 3.8) is 0 Å². The molecule has 0 saturated carbocycles. The summed E-state index contributed by atoms with van der Waals surface area (Å²) in [5.41, 5.74) is 2.98. The molecule has 90 valence electrons. The van der Waals surface area contributed by atoms with Gasteiger partial charge in [-0.05, 0) is 25.5 Å². The van der Waals surface area contributed by atoms with Gasteiger partial charge in [-0.1, -0.05) is 29.8 Å². The summed E-state index contributed by atoms with van der Waals surface area (Å²) in [6.45, 7) is 4.26. The summed E-state index contributed by atoms with van der Waals surface area (Å²) < 4.78 is 0. The van der Waals surface area contributed by atoms with Crippen LogP contribution < -0.4 is 5.32 Å². The van der Waals surface area contributed by atoms with Crippen LogP contribution in [0.5, 0.6) is 0 Å². The number of thiazole rings is 1. The highest BCUT2D eigenvalue weighted by molar-refractivity contribution is 7.09. The molecule has 0 amide bonds. The van der Waals surface area contributed by atoms with Crippen LogP contribution in [0.15, 0.2) is 36.0 Å². The quantitative estimate of drug-likeness (QED) is 0.897. The highest BCUT2D eigenvalue weighted by Gasteiger charge is 2.13. The lowest BCUT2D eigenvalue weighted by atomic mass is 10.1. The fourth-order valence-electron chi connectivity index (χ4n) is 1.81. The average Bonchev–Trinajstić information content (AvgIpc) is 2.82. The first-order chi connectivity index (χ1) is 8.18. The Hall–Kier alpha value is -0.900. The van der Waals surface area contributed by atoms with Crippen molar-refractivity contribution in [3.8, 4) is 0 Å². The summed E-state index contributed by atoms with van der Waals surface area (Å²) in [7, 11) is 0. The highest BCUT2D eigenvalue weighted by Crippen LogP contribution is 2.25. The summed E-state index contributed by atoms with van der Waals surface area (Å²) in [6, 6.07) is 8.45. The van der Waals surface area contributed by atoms with Crippen molar-refractivity contribution < 1.29 is 0 Å². The zero-order valence-corrected chi connectivity index (χ0v) is 11.4. The normalized spacial score (nSPS) is 14.5. The van der Waals surface area contributed by atoms with E-state index in [1.54, 1.807) is 11.3 Å². The van der Waals surface area contributed by atoms with Gasteiger partial charge in [0.15, 0.2) is 0 Å². The molecule has 0 bridgehead atoms. The molecule has 0 aliphatic heterocycles. The number of aromatic nitrogens is 1. The van der Waals surface area contributed by atoms with Crippen LogP contribution in [0.4, 0.5) is 0 Å². The first-order valence-corrected chi connectivity index (χ1v) is 6.83. The lowest BCUT2D eigenvalue weighted by Crippen LogP contribution is -2.22. The molecule has 1 aromatic carbocycles. The first kappa shape index (κ1) is 12.6. The van der Waals surface area contributed by atoms with E-state index in [1.807, 2.05) is 29.9 Å². The van der Waals surface area contributed by atoms with Gasteiger partial charge >= 0.3 is 0 Å². The maximum absolute atomic E-state index is 6.18. The molecule has 0 radical (unpaired) electrons. The van der Waals surface area contributed by atoms with Gasteiger partial charge in [-0.25, -0.2) is 0 Å². The van der Waals surface area contributed by atoms with E-state index in [1.165, 1.54) is 4.88 Å². The molecule has 0 spiro atoms. The molecule has 17 heavy (non-hydrogen) atoms. The molecule has 2 rings (SSSR count). The van der Waals surface area contributed by atoms with E-state index < -0.39 is 0 Å². The van der Waals surface area contributed by atoms with Crippen LogP contribution >= 0.6 is 22.9 Å². The number of hydrogen-bond donors (Lipinski definition) is 1. The number of rotatable bonds is 4. The lowest BCUT2D eigenvalue weighted by molar-refractivity contribution is 0.500. The maximum Gasteiger partial charge on any atom is 0.0794 e. The van der Waals surface area contributed by atoms with E-state index >= 15 is 0 Å². The van der Waals surface area contributed by atoms with Crippen LogP contribution in [-0.2, 0) is 0 Å². The van der Waals surface area contributed by atoms with Gasteiger partial charge < -0.3 is 5.32 Å². The van der Waals surface area contributed by atoms with Gasteiger partial charge in [-0.15, -0.1) is 11.3 Å². The molecule has 1 aromatic heterocycles. The van der Waals surface area contributed by atoms with E-state index in [-0.39, 0.29) is 12.1 Å². The van der Waals surface area contributed by atoms with Gasteiger partial charge in [-0.3, -0.25) is 4.98 Å². The third-order valence-corrected chi connectivity index (χ3v) is 4.05. The van der Waals surface area contributed by atoms with Crippen LogP contribution in [0, 0.1) is 0 Å². The predicted molar refractivity (Wildman–Crippen MR) is 73.5 cm³/mol. The molecule has 0 fully saturated rings. The molecule has 1 heterocycles. The molecule has 2 nitrogen and oxygen atoms in total. The molecular weight excluding hydrogens is 252 g/mol. The molecule has 2 aromatic rings. The number of nitrogens with one attached hydrogen (secondary N) is 1. The molecule has 0 aliphatic carbocycles. The van der Waals surface area contributed by atoms with Crippen molar-refractivity contribution >= 4 is 22.9 Å². The van der Waals surface area contributed by atoms with Gasteiger partial charge in [-0.2, -0.15) is 0 Å². The van der Waals surface area contributed by atoms with Crippen LogP contribution in [0.1, 0.15) is 36.4 Å². The van der Waals surface area contributed by atoms with Gasteiger partial charge in [0.2, 0.25) is 0 Å². The Labute approximate surface area is 111 Å².